The smallest absolute Gasteiger partial charge is 0.262 e. The molecule has 0 saturated carbocycles. The summed E-state index contributed by atoms with van der Waals surface area (Å²) in [6, 6.07) is 2.95. The zero-order valence-electron chi connectivity index (χ0n) is 11.9. The minimum atomic E-state index is -3.93. The summed E-state index contributed by atoms with van der Waals surface area (Å²) in [5.74, 6) is -0.739. The van der Waals surface area contributed by atoms with Crippen molar-refractivity contribution in [3.05, 3.63) is 47.0 Å². The summed E-state index contributed by atoms with van der Waals surface area (Å²) < 4.78 is 40.8. The fourth-order valence-corrected chi connectivity index (χ4v) is 3.80. The molecule has 0 atom stereocenters. The van der Waals surface area contributed by atoms with Crippen LogP contribution >= 0.6 is 0 Å². The van der Waals surface area contributed by atoms with Gasteiger partial charge in [-0.1, -0.05) is 6.07 Å². The van der Waals surface area contributed by atoms with Crippen LogP contribution in [0.5, 0.6) is 0 Å². The van der Waals surface area contributed by atoms with Crippen molar-refractivity contribution in [2.24, 2.45) is 0 Å². The number of nitrogens with two attached hydrogens (primary N) is 1. The maximum absolute atomic E-state index is 13.6. The summed E-state index contributed by atoms with van der Waals surface area (Å²) in [7, 11) is -3.93. The van der Waals surface area contributed by atoms with Crippen LogP contribution in [0.2, 0.25) is 0 Å². The van der Waals surface area contributed by atoms with Crippen LogP contribution in [0.25, 0.3) is 0 Å². The molecule has 1 aromatic heterocycles. The average molecular weight is 309 g/mol. The highest BCUT2D eigenvalue weighted by molar-refractivity contribution is 7.92. The number of sulfonamides is 1. The van der Waals surface area contributed by atoms with Gasteiger partial charge < -0.3 is 5.73 Å². The van der Waals surface area contributed by atoms with Gasteiger partial charge >= 0.3 is 0 Å². The highest BCUT2D eigenvalue weighted by Crippen LogP contribution is 2.29. The van der Waals surface area contributed by atoms with Crippen molar-refractivity contribution in [2.75, 3.05) is 10.5 Å². The third kappa shape index (κ3) is 2.82. The van der Waals surface area contributed by atoms with Crippen molar-refractivity contribution >= 4 is 21.4 Å². The van der Waals surface area contributed by atoms with E-state index in [1.165, 1.54) is 12.3 Å². The van der Waals surface area contributed by atoms with Gasteiger partial charge in [0.25, 0.3) is 10.0 Å². The van der Waals surface area contributed by atoms with Gasteiger partial charge in [0, 0.05) is 11.9 Å². The first kappa shape index (κ1) is 15.2. The van der Waals surface area contributed by atoms with E-state index >= 15 is 0 Å². The Morgan fingerprint density at radius 1 is 1.24 bits per heavy atom. The maximum Gasteiger partial charge on any atom is 0.262 e. The molecule has 1 heterocycles. The Kier molecular flexibility index (Phi) is 3.87. The molecule has 0 spiro atoms. The summed E-state index contributed by atoms with van der Waals surface area (Å²) in [5.41, 5.74) is 7.97. The average Bonchev–Trinajstić information content (AvgIpc) is 2.38. The number of anilines is 2. The molecular weight excluding hydrogens is 293 g/mol. The first-order valence-corrected chi connectivity index (χ1v) is 7.71. The number of aromatic nitrogens is 1. The molecule has 0 aliphatic heterocycles. The van der Waals surface area contributed by atoms with E-state index in [-0.39, 0.29) is 10.6 Å². The standard InChI is InChI=1S/C14H16FN3O2S/c1-8-6-9(2)14(10(3)13(8)16)21(19,20)18-12-4-5-17-7-11(12)15/h4-7H,16H2,1-3H3,(H,17,18). The topological polar surface area (TPSA) is 85.1 Å². The first-order chi connectivity index (χ1) is 9.74. The number of hydrogen-bond acceptors (Lipinski definition) is 4. The van der Waals surface area contributed by atoms with Crippen LogP contribution in [0.3, 0.4) is 0 Å². The molecular formula is C14H16FN3O2S. The molecule has 0 saturated heterocycles. The molecule has 0 fully saturated rings. The third-order valence-electron chi connectivity index (χ3n) is 3.25. The van der Waals surface area contributed by atoms with Crippen molar-refractivity contribution < 1.29 is 12.8 Å². The number of pyridine rings is 1. The predicted octanol–water partition coefficient (Wildman–Crippen LogP) is 2.53. The number of rotatable bonds is 3. The maximum atomic E-state index is 13.6. The van der Waals surface area contributed by atoms with Gasteiger partial charge in [-0.05, 0) is 43.5 Å². The molecule has 0 bridgehead atoms. The minimum Gasteiger partial charge on any atom is -0.398 e. The number of nitrogen functional groups attached to an aromatic ring is 1. The predicted molar refractivity (Wildman–Crippen MR) is 80.1 cm³/mol. The normalized spacial score (nSPS) is 11.4. The number of aryl methyl sites for hydroxylation is 2. The molecule has 1 aromatic carbocycles. The van der Waals surface area contributed by atoms with Crippen LogP contribution in [0.4, 0.5) is 15.8 Å². The van der Waals surface area contributed by atoms with Crippen LogP contribution < -0.4 is 10.5 Å². The van der Waals surface area contributed by atoms with E-state index in [2.05, 4.69) is 9.71 Å². The lowest BCUT2D eigenvalue weighted by molar-refractivity contribution is 0.597. The van der Waals surface area contributed by atoms with E-state index in [9.17, 15) is 12.8 Å². The third-order valence-corrected chi connectivity index (χ3v) is 4.90. The van der Waals surface area contributed by atoms with Gasteiger partial charge in [0.15, 0.2) is 5.82 Å². The van der Waals surface area contributed by atoms with Crippen molar-refractivity contribution in [1.82, 2.24) is 4.98 Å². The lowest BCUT2D eigenvalue weighted by Gasteiger charge is -2.16. The summed E-state index contributed by atoms with van der Waals surface area (Å²) in [5, 5.41) is 0. The molecule has 0 radical (unpaired) electrons. The Morgan fingerprint density at radius 3 is 2.52 bits per heavy atom. The van der Waals surface area contributed by atoms with Gasteiger partial charge in [-0.15, -0.1) is 0 Å². The highest BCUT2D eigenvalue weighted by atomic mass is 32.2. The lowest BCUT2D eigenvalue weighted by Crippen LogP contribution is -2.17. The SMILES string of the molecule is Cc1cc(C)c(S(=O)(=O)Nc2ccncc2F)c(C)c1N. The Balaban J connectivity index is 2.56. The number of nitrogens with zero attached hydrogens (tertiary/aromatic N) is 1. The highest BCUT2D eigenvalue weighted by Gasteiger charge is 2.23. The van der Waals surface area contributed by atoms with E-state index in [0.717, 1.165) is 11.8 Å². The molecule has 0 amide bonds. The number of benzene rings is 1. The Bertz CT molecular complexity index is 804. The molecule has 5 nitrogen and oxygen atoms in total. The van der Waals surface area contributed by atoms with E-state index in [0.29, 0.717) is 16.8 Å². The Hall–Kier alpha value is -2.15. The van der Waals surface area contributed by atoms with Crippen molar-refractivity contribution in [1.29, 1.82) is 0 Å². The Morgan fingerprint density at radius 2 is 1.90 bits per heavy atom. The van der Waals surface area contributed by atoms with Crippen LogP contribution in [0.15, 0.2) is 29.4 Å². The van der Waals surface area contributed by atoms with Gasteiger partial charge in [0.1, 0.15) is 0 Å². The molecule has 21 heavy (non-hydrogen) atoms. The largest absolute Gasteiger partial charge is 0.398 e. The van der Waals surface area contributed by atoms with Crippen LogP contribution in [-0.4, -0.2) is 13.4 Å². The fourth-order valence-electron chi connectivity index (χ4n) is 2.25. The van der Waals surface area contributed by atoms with E-state index in [4.69, 9.17) is 5.73 Å². The Labute approximate surface area is 123 Å². The second-order valence-electron chi connectivity index (χ2n) is 4.84. The van der Waals surface area contributed by atoms with Gasteiger partial charge in [0.2, 0.25) is 0 Å². The molecule has 0 aliphatic rings. The molecule has 0 unspecified atom stereocenters. The molecule has 3 N–H and O–H groups in total. The quantitative estimate of drug-likeness (QED) is 0.853. The van der Waals surface area contributed by atoms with Gasteiger partial charge in [-0.2, -0.15) is 0 Å². The van der Waals surface area contributed by atoms with Gasteiger partial charge in [-0.3, -0.25) is 9.71 Å². The van der Waals surface area contributed by atoms with Crippen molar-refractivity contribution in [2.45, 2.75) is 25.7 Å². The lowest BCUT2D eigenvalue weighted by atomic mass is 10.1. The van der Waals surface area contributed by atoms with Crippen LogP contribution in [0, 0.1) is 26.6 Å². The first-order valence-electron chi connectivity index (χ1n) is 6.22. The summed E-state index contributed by atoms with van der Waals surface area (Å²) in [6.07, 6.45) is 2.26. The molecule has 0 aliphatic carbocycles. The second kappa shape index (κ2) is 5.33. The zero-order chi connectivity index (χ0) is 15.8. The van der Waals surface area contributed by atoms with Crippen LogP contribution in [0.1, 0.15) is 16.7 Å². The van der Waals surface area contributed by atoms with Crippen LogP contribution in [-0.2, 0) is 10.0 Å². The molecule has 2 rings (SSSR count). The molecule has 7 heteroatoms. The number of nitrogens with one attached hydrogen (secondary N) is 1. The summed E-state index contributed by atoms with van der Waals surface area (Å²) in [4.78, 5) is 3.65. The number of hydrogen-bond donors (Lipinski definition) is 2. The summed E-state index contributed by atoms with van der Waals surface area (Å²) in [6.45, 7) is 5.12. The number of halogens is 1. The van der Waals surface area contributed by atoms with E-state index in [1.807, 2.05) is 6.92 Å². The second-order valence-corrected chi connectivity index (χ2v) is 6.46. The van der Waals surface area contributed by atoms with Gasteiger partial charge in [-0.25, -0.2) is 12.8 Å². The molecule has 112 valence electrons. The molecule has 2 aromatic rings. The van der Waals surface area contributed by atoms with Gasteiger partial charge in [0.05, 0.1) is 16.8 Å². The van der Waals surface area contributed by atoms with Crippen molar-refractivity contribution in [3.63, 3.8) is 0 Å². The van der Waals surface area contributed by atoms with E-state index < -0.39 is 15.8 Å². The summed E-state index contributed by atoms with van der Waals surface area (Å²) >= 11 is 0. The zero-order valence-corrected chi connectivity index (χ0v) is 12.8. The van der Waals surface area contributed by atoms with Crippen molar-refractivity contribution in [3.8, 4) is 0 Å². The fraction of sp³-hybridized carbons (Fsp3) is 0.214. The van der Waals surface area contributed by atoms with E-state index in [1.54, 1.807) is 19.9 Å². The monoisotopic (exact) mass is 309 g/mol. The minimum absolute atomic E-state index is 0.0711.